The van der Waals surface area contributed by atoms with Gasteiger partial charge in [0.2, 0.25) is 11.8 Å². The van der Waals surface area contributed by atoms with Gasteiger partial charge in [-0.25, -0.2) is 0 Å². The van der Waals surface area contributed by atoms with Crippen LogP contribution >= 0.6 is 11.8 Å². The molecule has 0 bridgehead atoms. The molecule has 0 unspecified atom stereocenters. The first-order chi connectivity index (χ1) is 14.4. The van der Waals surface area contributed by atoms with E-state index in [0.717, 1.165) is 11.1 Å². The molecule has 1 aliphatic rings. The summed E-state index contributed by atoms with van der Waals surface area (Å²) in [5.74, 6) is -2.52. The maximum absolute atomic E-state index is 12.6. The molecule has 160 valence electrons. The third kappa shape index (κ3) is 6.53. The van der Waals surface area contributed by atoms with Gasteiger partial charge in [-0.15, -0.1) is 0 Å². The quantitative estimate of drug-likeness (QED) is 0.678. The number of piperazine rings is 1. The van der Waals surface area contributed by atoms with E-state index in [-0.39, 0.29) is 18.4 Å². The summed E-state index contributed by atoms with van der Waals surface area (Å²) in [4.78, 5) is 29.2. The lowest BCUT2D eigenvalue weighted by Crippen LogP contribution is -2.50. The molecule has 0 atom stereocenters. The Bertz CT molecular complexity index is 869. The van der Waals surface area contributed by atoms with Crippen LogP contribution in [-0.4, -0.2) is 60.1 Å². The molecule has 2 amide bonds. The van der Waals surface area contributed by atoms with E-state index < -0.39 is 5.76 Å². The Morgan fingerprint density at radius 3 is 2.33 bits per heavy atom. The molecule has 1 saturated heterocycles. The second-order valence-electron chi connectivity index (χ2n) is 7.21. The largest absolute Gasteiger partial charge is 0.340 e. The summed E-state index contributed by atoms with van der Waals surface area (Å²) >= 11 is 0.472. The summed E-state index contributed by atoms with van der Waals surface area (Å²) in [7, 11) is 0. The van der Waals surface area contributed by atoms with Gasteiger partial charge >= 0.3 is 0 Å². The Kier molecular flexibility index (Phi) is 7.81. The predicted molar refractivity (Wildman–Crippen MR) is 115 cm³/mol. The van der Waals surface area contributed by atoms with Crippen LogP contribution in [-0.2, 0) is 16.0 Å². The molecule has 0 radical (unpaired) electrons. The van der Waals surface area contributed by atoms with Crippen molar-refractivity contribution in [3.8, 4) is 0 Å². The lowest BCUT2D eigenvalue weighted by Gasteiger charge is -2.34. The number of nitrogens with zero attached hydrogens (tertiary/aromatic N) is 2. The molecule has 8 heteroatoms. The summed E-state index contributed by atoms with van der Waals surface area (Å²) < 4.78 is 24.7. The normalized spacial score (nSPS) is 14.7. The second-order valence-corrected chi connectivity index (χ2v) is 8.27. The minimum absolute atomic E-state index is 0.107. The number of nitrogens with one attached hydrogen (secondary N) is 1. The third-order valence-electron chi connectivity index (χ3n) is 5.06. The summed E-state index contributed by atoms with van der Waals surface area (Å²) in [6.45, 7) is 4.70. The van der Waals surface area contributed by atoms with E-state index in [9.17, 15) is 18.4 Å². The van der Waals surface area contributed by atoms with Gasteiger partial charge in [0.25, 0.3) is 5.76 Å². The maximum Gasteiger partial charge on any atom is 0.288 e. The van der Waals surface area contributed by atoms with Crippen molar-refractivity contribution < 1.29 is 18.4 Å². The van der Waals surface area contributed by atoms with Crippen molar-refractivity contribution in [2.45, 2.75) is 24.0 Å². The molecule has 1 fully saturated rings. The highest BCUT2D eigenvalue weighted by Gasteiger charge is 2.22. The highest BCUT2D eigenvalue weighted by molar-refractivity contribution is 7.99. The van der Waals surface area contributed by atoms with Crippen molar-refractivity contribution in [2.24, 2.45) is 0 Å². The van der Waals surface area contributed by atoms with Crippen LogP contribution < -0.4 is 5.32 Å². The molecule has 5 nitrogen and oxygen atoms in total. The lowest BCUT2D eigenvalue weighted by atomic mass is 10.1. The number of aryl methyl sites for hydroxylation is 1. The van der Waals surface area contributed by atoms with Crippen LogP contribution in [0.1, 0.15) is 11.1 Å². The number of hydrogen-bond donors (Lipinski definition) is 1. The van der Waals surface area contributed by atoms with Crippen LogP contribution in [0.25, 0.3) is 0 Å². The first-order valence-electron chi connectivity index (χ1n) is 9.80. The van der Waals surface area contributed by atoms with Gasteiger partial charge in [-0.05, 0) is 42.3 Å². The molecule has 0 spiro atoms. The highest BCUT2D eigenvalue weighted by atomic mass is 32.2. The third-order valence-corrected chi connectivity index (χ3v) is 5.78. The number of alkyl halides is 2. The maximum atomic E-state index is 12.6. The minimum atomic E-state index is -2.47. The molecular formula is C22H25F2N3O2S. The average molecular weight is 434 g/mol. The van der Waals surface area contributed by atoms with Crippen LogP contribution in [0.15, 0.2) is 53.4 Å². The Labute approximate surface area is 179 Å². The van der Waals surface area contributed by atoms with Gasteiger partial charge in [-0.1, -0.05) is 36.0 Å². The summed E-state index contributed by atoms with van der Waals surface area (Å²) in [6, 6.07) is 14.2. The molecular weight excluding hydrogens is 408 g/mol. The summed E-state index contributed by atoms with van der Waals surface area (Å²) in [5.41, 5.74) is 2.73. The summed E-state index contributed by atoms with van der Waals surface area (Å²) in [6.07, 6.45) is 0.396. The second kappa shape index (κ2) is 10.5. The SMILES string of the molecule is Cc1ccccc1CC(=O)N1CCN(CC(=O)Nc2ccc(SC(F)F)cc2)CC1. The van der Waals surface area contributed by atoms with Gasteiger partial charge < -0.3 is 10.2 Å². The van der Waals surface area contributed by atoms with Gasteiger partial charge in [0.1, 0.15) is 0 Å². The van der Waals surface area contributed by atoms with E-state index in [2.05, 4.69) is 5.32 Å². The fourth-order valence-electron chi connectivity index (χ4n) is 3.36. The van der Waals surface area contributed by atoms with Gasteiger partial charge in [-0.3, -0.25) is 14.5 Å². The fourth-order valence-corrected chi connectivity index (χ4v) is 3.86. The number of thioether (sulfide) groups is 1. The van der Waals surface area contributed by atoms with Crippen molar-refractivity contribution in [1.29, 1.82) is 0 Å². The number of carbonyl (C=O) groups is 2. The number of halogens is 2. The zero-order valence-corrected chi connectivity index (χ0v) is 17.6. The van der Waals surface area contributed by atoms with Crippen molar-refractivity contribution >= 4 is 29.3 Å². The number of hydrogen-bond acceptors (Lipinski definition) is 4. The van der Waals surface area contributed by atoms with Gasteiger partial charge in [0.05, 0.1) is 13.0 Å². The van der Waals surface area contributed by atoms with Gasteiger partial charge in [-0.2, -0.15) is 8.78 Å². The van der Waals surface area contributed by atoms with E-state index >= 15 is 0 Å². The first kappa shape index (κ1) is 22.2. The first-order valence-corrected chi connectivity index (χ1v) is 10.7. The molecule has 0 aliphatic carbocycles. The number of rotatable bonds is 7. The Morgan fingerprint density at radius 2 is 1.70 bits per heavy atom. The number of benzene rings is 2. The van der Waals surface area contributed by atoms with Crippen molar-refractivity contribution in [3.63, 3.8) is 0 Å². The van der Waals surface area contributed by atoms with Crippen LogP contribution in [0.2, 0.25) is 0 Å². The van der Waals surface area contributed by atoms with E-state index in [1.807, 2.05) is 41.0 Å². The molecule has 3 rings (SSSR count). The molecule has 1 aliphatic heterocycles. The number of amides is 2. The topological polar surface area (TPSA) is 52.7 Å². The van der Waals surface area contributed by atoms with Crippen molar-refractivity contribution in [3.05, 3.63) is 59.7 Å². The van der Waals surface area contributed by atoms with E-state index in [4.69, 9.17) is 0 Å². The minimum Gasteiger partial charge on any atom is -0.340 e. The summed E-state index contributed by atoms with van der Waals surface area (Å²) in [5, 5.41) is 2.78. The Balaban J connectivity index is 1.42. The zero-order chi connectivity index (χ0) is 21.5. The molecule has 2 aromatic carbocycles. The Morgan fingerprint density at radius 1 is 1.03 bits per heavy atom. The van der Waals surface area contributed by atoms with Crippen LogP contribution in [0.4, 0.5) is 14.5 Å². The standard InChI is InChI=1S/C22H25F2N3O2S/c1-16-4-2-3-5-17(16)14-21(29)27-12-10-26(11-13-27)15-20(28)25-18-6-8-19(9-7-18)30-22(23)24/h2-9,22H,10-15H2,1H3,(H,25,28). The Hall–Kier alpha value is -2.45. The number of anilines is 1. The highest BCUT2D eigenvalue weighted by Crippen LogP contribution is 2.26. The zero-order valence-electron chi connectivity index (χ0n) is 16.8. The number of carbonyl (C=O) groups excluding carboxylic acids is 2. The smallest absolute Gasteiger partial charge is 0.288 e. The van der Waals surface area contributed by atoms with E-state index in [0.29, 0.717) is 54.9 Å². The molecule has 2 aromatic rings. The van der Waals surface area contributed by atoms with Gasteiger partial charge in [0.15, 0.2) is 0 Å². The van der Waals surface area contributed by atoms with Crippen LogP contribution in [0.5, 0.6) is 0 Å². The predicted octanol–water partition coefficient (Wildman–Crippen LogP) is 3.64. The average Bonchev–Trinajstić information content (AvgIpc) is 2.71. The molecule has 0 aromatic heterocycles. The van der Waals surface area contributed by atoms with Crippen molar-refractivity contribution in [1.82, 2.24) is 9.80 Å². The molecule has 1 N–H and O–H groups in total. The molecule has 0 saturated carbocycles. The molecule has 30 heavy (non-hydrogen) atoms. The van der Waals surface area contributed by atoms with E-state index in [1.165, 1.54) is 0 Å². The van der Waals surface area contributed by atoms with Crippen molar-refractivity contribution in [2.75, 3.05) is 38.0 Å². The lowest BCUT2D eigenvalue weighted by molar-refractivity contribution is -0.132. The molecule has 1 heterocycles. The van der Waals surface area contributed by atoms with E-state index in [1.54, 1.807) is 24.3 Å². The van der Waals surface area contributed by atoms with Gasteiger partial charge in [0, 0.05) is 36.8 Å². The monoisotopic (exact) mass is 433 g/mol. The fraction of sp³-hybridized carbons (Fsp3) is 0.364. The van der Waals surface area contributed by atoms with Crippen LogP contribution in [0.3, 0.4) is 0 Å². The van der Waals surface area contributed by atoms with Crippen LogP contribution in [0, 0.1) is 6.92 Å².